The van der Waals surface area contributed by atoms with Crippen molar-refractivity contribution in [3.8, 4) is 0 Å². The largest absolute Gasteiger partial charge is 0.374 e. The summed E-state index contributed by atoms with van der Waals surface area (Å²) in [4.78, 5) is 17.9. The van der Waals surface area contributed by atoms with Gasteiger partial charge in [-0.15, -0.1) is 0 Å². The summed E-state index contributed by atoms with van der Waals surface area (Å²) >= 11 is 4.84. The summed E-state index contributed by atoms with van der Waals surface area (Å²) in [6.07, 6.45) is -0.195. The van der Waals surface area contributed by atoms with Crippen LogP contribution in [0.15, 0.2) is 4.99 Å². The van der Waals surface area contributed by atoms with Gasteiger partial charge < -0.3 is 15.8 Å². The molecular formula is C10H18N4O2S. The zero-order valence-corrected chi connectivity index (χ0v) is 11.1. The Morgan fingerprint density at radius 1 is 1.71 bits per heavy atom. The maximum absolute atomic E-state index is 12.2. The molecule has 7 heteroatoms. The van der Waals surface area contributed by atoms with Crippen molar-refractivity contribution in [2.45, 2.75) is 26.0 Å². The number of amides is 1. The summed E-state index contributed by atoms with van der Waals surface area (Å²) in [6.45, 7) is 4.32. The van der Waals surface area contributed by atoms with E-state index in [0.29, 0.717) is 18.1 Å². The van der Waals surface area contributed by atoms with E-state index in [1.165, 1.54) is 4.90 Å². The minimum Gasteiger partial charge on any atom is -0.374 e. The molecular weight excluding hydrogens is 240 g/mol. The van der Waals surface area contributed by atoms with Crippen molar-refractivity contribution in [1.82, 2.24) is 10.2 Å². The van der Waals surface area contributed by atoms with Gasteiger partial charge in [-0.1, -0.05) is 12.2 Å². The van der Waals surface area contributed by atoms with Gasteiger partial charge in [0.05, 0.1) is 19.3 Å². The first-order chi connectivity index (χ1) is 7.97. The molecule has 1 fully saturated rings. The second-order valence-electron chi connectivity index (χ2n) is 3.82. The van der Waals surface area contributed by atoms with Crippen LogP contribution >= 0.6 is 12.2 Å². The van der Waals surface area contributed by atoms with Gasteiger partial charge in [0, 0.05) is 0 Å². The number of nitrogens with zero attached hydrogens (tertiary/aromatic N) is 2. The summed E-state index contributed by atoms with van der Waals surface area (Å²) in [6, 6.07) is -0.420. The smallest absolute Gasteiger partial charge is 0.249 e. The van der Waals surface area contributed by atoms with Gasteiger partial charge in [0.25, 0.3) is 0 Å². The lowest BCUT2D eigenvalue weighted by Gasteiger charge is -2.24. The van der Waals surface area contributed by atoms with Gasteiger partial charge in [-0.05, 0) is 20.9 Å². The molecule has 0 aliphatic carbocycles. The molecule has 2 atom stereocenters. The average Bonchev–Trinajstić information content (AvgIpc) is 2.36. The predicted octanol–water partition coefficient (Wildman–Crippen LogP) is -0.516. The highest BCUT2D eigenvalue weighted by Gasteiger charge is 2.33. The van der Waals surface area contributed by atoms with Crippen LogP contribution in [0.2, 0.25) is 0 Å². The Bertz CT molecular complexity index is 345. The maximum atomic E-state index is 12.2. The average molecular weight is 258 g/mol. The number of aliphatic imine (C=N–C) groups is 1. The normalized spacial score (nSPS) is 26.9. The van der Waals surface area contributed by atoms with Crippen LogP contribution in [-0.2, 0) is 9.53 Å². The van der Waals surface area contributed by atoms with E-state index in [9.17, 15) is 4.79 Å². The number of nitrogens with one attached hydrogen (secondary N) is 1. The zero-order valence-electron chi connectivity index (χ0n) is 10.3. The van der Waals surface area contributed by atoms with Gasteiger partial charge in [-0.25, -0.2) is 4.99 Å². The Labute approximate surface area is 106 Å². The van der Waals surface area contributed by atoms with Crippen LogP contribution in [0.5, 0.6) is 0 Å². The number of hydrogen-bond acceptors (Lipinski definition) is 4. The maximum Gasteiger partial charge on any atom is 0.249 e. The van der Waals surface area contributed by atoms with Crippen molar-refractivity contribution >= 4 is 29.1 Å². The first-order valence-corrected chi connectivity index (χ1v) is 5.83. The van der Waals surface area contributed by atoms with Crippen LogP contribution in [0.3, 0.4) is 0 Å². The molecule has 0 saturated carbocycles. The molecule has 0 spiro atoms. The van der Waals surface area contributed by atoms with Crippen molar-refractivity contribution in [3.05, 3.63) is 0 Å². The number of nitrogens with two attached hydrogens (primary N) is 1. The van der Waals surface area contributed by atoms with Gasteiger partial charge in [0.1, 0.15) is 11.0 Å². The van der Waals surface area contributed by atoms with Crippen LogP contribution < -0.4 is 11.1 Å². The molecule has 17 heavy (non-hydrogen) atoms. The third kappa shape index (κ3) is 3.45. The molecule has 1 saturated heterocycles. The molecule has 1 heterocycles. The molecule has 2 unspecified atom stereocenters. The van der Waals surface area contributed by atoms with Gasteiger partial charge in [-0.2, -0.15) is 0 Å². The fraction of sp³-hybridized carbons (Fsp3) is 0.700. The monoisotopic (exact) mass is 258 g/mol. The third-order valence-corrected chi connectivity index (χ3v) is 2.65. The molecule has 0 radical (unpaired) electrons. The molecule has 1 aliphatic rings. The van der Waals surface area contributed by atoms with Crippen molar-refractivity contribution < 1.29 is 9.53 Å². The third-order valence-electron chi connectivity index (χ3n) is 2.56. The lowest BCUT2D eigenvalue weighted by molar-refractivity contribution is -0.130. The molecule has 1 rings (SSSR count). The van der Waals surface area contributed by atoms with E-state index >= 15 is 0 Å². The number of thiocarbonyl (C=S) groups is 1. The summed E-state index contributed by atoms with van der Waals surface area (Å²) in [5.41, 5.74) is 5.76. The van der Waals surface area contributed by atoms with Crippen LogP contribution in [0.25, 0.3) is 0 Å². The van der Waals surface area contributed by atoms with Crippen LogP contribution in [0.1, 0.15) is 13.8 Å². The second kappa shape index (κ2) is 6.04. The Hall–Kier alpha value is -1.05. The number of carbonyl (C=O) groups is 1. The lowest BCUT2D eigenvalue weighted by atomic mass is 10.1. The van der Waals surface area contributed by atoms with E-state index in [1.807, 2.05) is 6.92 Å². The minimum atomic E-state index is -0.420. The molecule has 0 aromatic rings. The molecule has 0 aromatic carbocycles. The van der Waals surface area contributed by atoms with E-state index < -0.39 is 6.04 Å². The number of rotatable bonds is 1. The zero-order chi connectivity index (χ0) is 13.0. The number of hydrogen-bond donors (Lipinski definition) is 2. The SMILES string of the molecule is CNC1C(=O)N(C(N)=NC(C)=S)CCOC1C. The van der Waals surface area contributed by atoms with Gasteiger partial charge in [-0.3, -0.25) is 9.69 Å². The standard InChI is InChI=1S/C10H18N4O2S/c1-6-8(12-3)9(15)14(4-5-16-6)10(11)13-7(2)17/h6,8,12H,4-5H2,1-3H3,(H2,11,13,17). The van der Waals surface area contributed by atoms with Crippen LogP contribution in [0.4, 0.5) is 0 Å². The molecule has 6 nitrogen and oxygen atoms in total. The Morgan fingerprint density at radius 3 is 2.88 bits per heavy atom. The summed E-state index contributed by atoms with van der Waals surface area (Å²) < 4.78 is 5.49. The van der Waals surface area contributed by atoms with Gasteiger partial charge in [0.2, 0.25) is 11.9 Å². The topological polar surface area (TPSA) is 80.0 Å². The van der Waals surface area contributed by atoms with E-state index in [4.69, 9.17) is 22.7 Å². The summed E-state index contributed by atoms with van der Waals surface area (Å²) in [7, 11) is 1.71. The predicted molar refractivity (Wildman–Crippen MR) is 69.9 cm³/mol. The van der Waals surface area contributed by atoms with E-state index in [0.717, 1.165) is 0 Å². The Kier molecular flexibility index (Phi) is 4.98. The first kappa shape index (κ1) is 14.0. The van der Waals surface area contributed by atoms with Crippen molar-refractivity contribution in [3.63, 3.8) is 0 Å². The molecule has 96 valence electrons. The molecule has 0 aromatic heterocycles. The van der Waals surface area contributed by atoms with Crippen molar-refractivity contribution in [2.24, 2.45) is 10.7 Å². The van der Waals surface area contributed by atoms with Crippen molar-refractivity contribution in [1.29, 1.82) is 0 Å². The fourth-order valence-electron chi connectivity index (χ4n) is 1.71. The second-order valence-corrected chi connectivity index (χ2v) is 4.41. The van der Waals surface area contributed by atoms with E-state index in [-0.39, 0.29) is 18.0 Å². The highest BCUT2D eigenvalue weighted by molar-refractivity contribution is 7.80. The van der Waals surface area contributed by atoms with Crippen LogP contribution in [0, 0.1) is 0 Å². The summed E-state index contributed by atoms with van der Waals surface area (Å²) in [5.74, 6) is -0.0181. The van der Waals surface area contributed by atoms with Crippen molar-refractivity contribution in [2.75, 3.05) is 20.2 Å². The first-order valence-electron chi connectivity index (χ1n) is 5.42. The molecule has 3 N–H and O–H groups in total. The highest BCUT2D eigenvalue weighted by Crippen LogP contribution is 2.09. The van der Waals surface area contributed by atoms with Gasteiger partial charge >= 0.3 is 0 Å². The highest BCUT2D eigenvalue weighted by atomic mass is 32.1. The summed E-state index contributed by atoms with van der Waals surface area (Å²) in [5, 5.41) is 2.92. The number of likely N-dealkylation sites (N-methyl/N-ethyl adjacent to an activating group) is 1. The molecule has 1 aliphatic heterocycles. The van der Waals surface area contributed by atoms with E-state index in [1.54, 1.807) is 14.0 Å². The number of carbonyl (C=O) groups excluding carboxylic acids is 1. The molecule has 0 bridgehead atoms. The quantitative estimate of drug-likeness (QED) is 0.376. The van der Waals surface area contributed by atoms with Crippen LogP contribution in [-0.4, -0.2) is 54.1 Å². The lowest BCUT2D eigenvalue weighted by Crippen LogP contribution is -2.52. The minimum absolute atomic E-state index is 0.125. The number of ether oxygens (including phenoxy) is 1. The number of guanidine groups is 1. The molecule has 1 amide bonds. The fourth-order valence-corrected chi connectivity index (χ4v) is 1.81. The Morgan fingerprint density at radius 2 is 2.35 bits per heavy atom. The van der Waals surface area contributed by atoms with E-state index in [2.05, 4.69) is 10.3 Å². The van der Waals surface area contributed by atoms with Gasteiger partial charge in [0.15, 0.2) is 0 Å². The Balaban J connectivity index is 2.92.